The number of carbonyl (C=O) groups is 1. The van der Waals surface area contributed by atoms with Gasteiger partial charge in [-0.15, -0.1) is 0 Å². The van der Waals surface area contributed by atoms with Gasteiger partial charge in [0, 0.05) is 6.42 Å². The highest BCUT2D eigenvalue weighted by Crippen LogP contribution is 2.43. The van der Waals surface area contributed by atoms with Gasteiger partial charge in [0.15, 0.2) is 0 Å². The number of hydrogen-bond donors (Lipinski definition) is 3. The van der Waals surface area contributed by atoms with E-state index in [4.69, 9.17) is 15.5 Å². The van der Waals surface area contributed by atoms with Crippen LogP contribution in [0, 0.1) is 0 Å². The minimum Gasteiger partial charge on any atom is -0.465 e. The lowest BCUT2D eigenvalue weighted by Gasteiger charge is -2.14. The van der Waals surface area contributed by atoms with Crippen molar-refractivity contribution in [1.29, 1.82) is 0 Å². The van der Waals surface area contributed by atoms with Gasteiger partial charge in [0.2, 0.25) is 5.91 Å². The van der Waals surface area contributed by atoms with Gasteiger partial charge in [-0.1, -0.05) is 0 Å². The highest BCUT2D eigenvalue weighted by molar-refractivity contribution is 7.52. The molecule has 0 saturated carbocycles. The minimum atomic E-state index is -4.82. The van der Waals surface area contributed by atoms with Gasteiger partial charge in [0.05, 0.1) is 6.61 Å². The number of rotatable bonds is 5. The molecular weight excluding hydrogens is 216 g/mol. The third kappa shape index (κ3) is 4.66. The molecule has 6 nitrogen and oxygen atoms in total. The molecule has 0 saturated heterocycles. The Morgan fingerprint density at radius 1 is 1.64 bits per heavy atom. The van der Waals surface area contributed by atoms with E-state index in [-0.39, 0.29) is 6.61 Å². The first-order valence-electron chi connectivity index (χ1n) is 3.90. The van der Waals surface area contributed by atoms with Crippen LogP contribution in [0.4, 0.5) is 4.39 Å². The summed E-state index contributed by atoms with van der Waals surface area (Å²) in [6.07, 6.45) is -0.747. The highest BCUT2D eigenvalue weighted by Gasteiger charge is 2.32. The maximum atomic E-state index is 12.7. The molecule has 0 aromatic rings. The third-order valence-electron chi connectivity index (χ3n) is 1.40. The van der Waals surface area contributed by atoms with Crippen molar-refractivity contribution in [1.82, 2.24) is 0 Å². The molecule has 84 valence electrons. The second kappa shape index (κ2) is 5.41. The summed E-state index contributed by atoms with van der Waals surface area (Å²) in [4.78, 5) is 27.6. The van der Waals surface area contributed by atoms with E-state index in [0.29, 0.717) is 0 Å². The number of ether oxygens (including phenoxy) is 1. The lowest BCUT2D eigenvalue weighted by molar-refractivity contribution is -0.145. The van der Waals surface area contributed by atoms with Crippen LogP contribution in [0.25, 0.3) is 0 Å². The summed E-state index contributed by atoms with van der Waals surface area (Å²) in [6.45, 7) is 1.62. The maximum Gasteiger partial charge on any atom is 0.359 e. The van der Waals surface area contributed by atoms with Gasteiger partial charge in [-0.2, -0.15) is 0 Å². The molecule has 0 aromatic carbocycles. The number of hydrogen-bond acceptors (Lipinski definition) is 4. The number of carbonyl (C=O) groups excluding carboxylic acids is 1. The summed E-state index contributed by atoms with van der Waals surface area (Å²) < 4.78 is 27.5. The number of nitrogens with two attached hydrogens (primary N) is 1. The fraction of sp³-hybridized carbons (Fsp3) is 0.833. The molecule has 0 rings (SSSR count). The van der Waals surface area contributed by atoms with Crippen molar-refractivity contribution in [2.45, 2.75) is 25.3 Å². The van der Waals surface area contributed by atoms with E-state index in [1.165, 1.54) is 0 Å². The quantitative estimate of drug-likeness (QED) is 0.442. The van der Waals surface area contributed by atoms with E-state index in [0.717, 1.165) is 0 Å². The van der Waals surface area contributed by atoms with Gasteiger partial charge >= 0.3 is 13.6 Å². The van der Waals surface area contributed by atoms with Crippen molar-refractivity contribution < 1.29 is 28.3 Å². The van der Waals surface area contributed by atoms with Crippen molar-refractivity contribution >= 4 is 13.6 Å². The Balaban J connectivity index is 4.12. The Hall–Kier alpha value is -0.490. The molecule has 14 heavy (non-hydrogen) atoms. The molecule has 0 fully saturated rings. The van der Waals surface area contributed by atoms with Gasteiger partial charge in [0.1, 0.15) is 6.04 Å². The van der Waals surface area contributed by atoms with Gasteiger partial charge < -0.3 is 20.3 Å². The summed E-state index contributed by atoms with van der Waals surface area (Å²) in [5.74, 6) is -3.30. The monoisotopic (exact) mass is 229 g/mol. The molecule has 0 spiro atoms. The zero-order chi connectivity index (χ0) is 11.4. The topological polar surface area (TPSA) is 110 Å². The molecule has 0 bridgehead atoms. The Labute approximate surface area is 80.4 Å². The van der Waals surface area contributed by atoms with Crippen LogP contribution in [-0.4, -0.2) is 34.3 Å². The van der Waals surface area contributed by atoms with Crippen LogP contribution in [0.5, 0.6) is 0 Å². The zero-order valence-corrected chi connectivity index (χ0v) is 8.49. The molecule has 8 heteroatoms. The average molecular weight is 229 g/mol. The summed E-state index contributed by atoms with van der Waals surface area (Å²) in [5.41, 5.74) is 5.14. The first-order chi connectivity index (χ1) is 6.29. The molecule has 0 heterocycles. The number of halogens is 1. The highest BCUT2D eigenvalue weighted by atomic mass is 31.2. The fourth-order valence-corrected chi connectivity index (χ4v) is 1.19. The second-order valence-electron chi connectivity index (χ2n) is 2.62. The van der Waals surface area contributed by atoms with Gasteiger partial charge in [-0.05, 0) is 6.92 Å². The molecule has 0 amide bonds. The maximum absolute atomic E-state index is 12.7. The summed E-state index contributed by atoms with van der Waals surface area (Å²) in [6, 6.07) is -1.35. The normalized spacial score (nSPS) is 16.1. The van der Waals surface area contributed by atoms with E-state index in [9.17, 15) is 13.8 Å². The molecular formula is C6H13FNO5P. The van der Waals surface area contributed by atoms with E-state index >= 15 is 0 Å². The summed E-state index contributed by atoms with van der Waals surface area (Å²) in [7, 11) is -4.82. The first kappa shape index (κ1) is 13.5. The number of alkyl halides is 1. The van der Waals surface area contributed by atoms with Crippen LogP contribution in [0.2, 0.25) is 0 Å². The van der Waals surface area contributed by atoms with Crippen LogP contribution < -0.4 is 5.73 Å². The van der Waals surface area contributed by atoms with E-state index < -0.39 is 31.9 Å². The molecule has 4 N–H and O–H groups in total. The van der Waals surface area contributed by atoms with Crippen molar-refractivity contribution in [3.8, 4) is 0 Å². The number of esters is 1. The predicted octanol–water partition coefficient (Wildman–Crippen LogP) is -0.260. The summed E-state index contributed by atoms with van der Waals surface area (Å²) >= 11 is 0. The van der Waals surface area contributed by atoms with Crippen molar-refractivity contribution in [3.63, 3.8) is 0 Å². The minimum absolute atomic E-state index is 0.0827. The molecule has 0 aliphatic heterocycles. The van der Waals surface area contributed by atoms with Gasteiger partial charge in [0.25, 0.3) is 0 Å². The van der Waals surface area contributed by atoms with Gasteiger partial charge in [-0.25, -0.2) is 4.39 Å². The first-order valence-corrected chi connectivity index (χ1v) is 5.58. The van der Waals surface area contributed by atoms with Gasteiger partial charge in [-0.3, -0.25) is 9.36 Å². The molecule has 0 aliphatic carbocycles. The molecule has 0 radical (unpaired) electrons. The van der Waals surface area contributed by atoms with E-state index in [1.54, 1.807) is 6.92 Å². The van der Waals surface area contributed by atoms with E-state index in [1.807, 2.05) is 0 Å². The fourth-order valence-electron chi connectivity index (χ4n) is 0.692. The van der Waals surface area contributed by atoms with E-state index in [2.05, 4.69) is 4.74 Å². The van der Waals surface area contributed by atoms with Crippen LogP contribution in [-0.2, 0) is 14.1 Å². The predicted molar refractivity (Wildman–Crippen MR) is 46.2 cm³/mol. The molecule has 0 unspecified atom stereocenters. The lowest BCUT2D eigenvalue weighted by atomic mass is 10.2. The smallest absolute Gasteiger partial charge is 0.359 e. The zero-order valence-electron chi connectivity index (χ0n) is 7.59. The Morgan fingerprint density at radius 3 is 2.50 bits per heavy atom. The third-order valence-corrected chi connectivity index (χ3v) is 2.34. The van der Waals surface area contributed by atoms with Crippen LogP contribution in [0.3, 0.4) is 0 Å². The second-order valence-corrected chi connectivity index (χ2v) is 4.36. The van der Waals surface area contributed by atoms with Crippen LogP contribution >= 0.6 is 7.60 Å². The molecule has 0 aromatic heterocycles. The lowest BCUT2D eigenvalue weighted by Crippen LogP contribution is -2.34. The standard InChI is InChI=1S/C6H13FNO5P/c1-2-13-6(9)4(8)3-5(7)14(10,11)12/h4-5H,2-3,8H2,1H3,(H2,10,11,12)/t4-,5+/m0/s1. The van der Waals surface area contributed by atoms with Crippen molar-refractivity contribution in [2.24, 2.45) is 5.73 Å². The van der Waals surface area contributed by atoms with Crippen LogP contribution in [0.1, 0.15) is 13.3 Å². The Bertz CT molecular complexity index is 242. The SMILES string of the molecule is CCOC(=O)[C@@H](N)C[C@H](F)P(=O)(O)O. The summed E-state index contributed by atoms with van der Waals surface area (Å²) in [5, 5.41) is 0. The molecule has 0 aliphatic rings. The van der Waals surface area contributed by atoms with Crippen molar-refractivity contribution in [3.05, 3.63) is 0 Å². The Morgan fingerprint density at radius 2 is 2.14 bits per heavy atom. The largest absolute Gasteiger partial charge is 0.465 e. The Kier molecular flexibility index (Phi) is 5.22. The average Bonchev–Trinajstić information content (AvgIpc) is 2.02. The van der Waals surface area contributed by atoms with Crippen LogP contribution in [0.15, 0.2) is 0 Å². The van der Waals surface area contributed by atoms with Crippen molar-refractivity contribution in [2.75, 3.05) is 6.61 Å². The molecule has 2 atom stereocenters.